The minimum Gasteiger partial charge on any atom is -0.391 e. The average molecular weight is 239 g/mol. The van der Waals surface area contributed by atoms with E-state index in [0.717, 1.165) is 0 Å². The number of aliphatic hydroxyl groups excluding tert-OH is 1. The van der Waals surface area contributed by atoms with Crippen molar-refractivity contribution < 1.29 is 10.0 Å². The Balaban J connectivity index is 2.56. The molecule has 1 aromatic heterocycles. The highest BCUT2D eigenvalue weighted by Gasteiger charge is 2.21. The summed E-state index contributed by atoms with van der Waals surface area (Å²) in [6.07, 6.45) is 0.672. The molecule has 0 amide bonds. The molecule has 17 heavy (non-hydrogen) atoms. The van der Waals surface area contributed by atoms with Crippen LogP contribution in [0.3, 0.4) is 0 Å². The van der Waals surface area contributed by atoms with Gasteiger partial charge in [0, 0.05) is 12.6 Å². The minimum atomic E-state index is -0.514. The lowest BCUT2D eigenvalue weighted by atomic mass is 9.89. The van der Waals surface area contributed by atoms with E-state index < -0.39 is 11.0 Å². The number of nitro groups is 1. The van der Waals surface area contributed by atoms with Crippen molar-refractivity contribution in [3.05, 3.63) is 28.4 Å². The quantitative estimate of drug-likeness (QED) is 0.618. The molecule has 94 valence electrons. The largest absolute Gasteiger partial charge is 0.391 e. The normalized spacial score (nSPS) is 13.2. The molecule has 0 saturated carbocycles. The van der Waals surface area contributed by atoms with E-state index in [1.807, 2.05) is 20.8 Å². The molecular weight excluding hydrogens is 222 g/mol. The van der Waals surface area contributed by atoms with E-state index in [4.69, 9.17) is 0 Å². The molecule has 0 fully saturated rings. The van der Waals surface area contributed by atoms with Gasteiger partial charge in [0.05, 0.1) is 11.0 Å². The number of anilines is 1. The van der Waals surface area contributed by atoms with Crippen molar-refractivity contribution in [2.75, 3.05) is 11.9 Å². The molecule has 1 heterocycles. The lowest BCUT2D eigenvalue weighted by Gasteiger charge is -2.26. The Morgan fingerprint density at radius 2 is 2.18 bits per heavy atom. The average Bonchev–Trinajstić information content (AvgIpc) is 2.25. The number of rotatable bonds is 4. The first-order chi connectivity index (χ1) is 7.80. The van der Waals surface area contributed by atoms with Crippen molar-refractivity contribution in [2.45, 2.75) is 26.9 Å². The number of aromatic nitrogens is 1. The van der Waals surface area contributed by atoms with Crippen LogP contribution in [0.2, 0.25) is 0 Å². The lowest BCUT2D eigenvalue weighted by molar-refractivity contribution is -0.385. The predicted molar refractivity (Wildman–Crippen MR) is 64.8 cm³/mol. The summed E-state index contributed by atoms with van der Waals surface area (Å²) in [5, 5.41) is 23.1. The number of nitrogens with zero attached hydrogens (tertiary/aromatic N) is 2. The fraction of sp³-hybridized carbons (Fsp3) is 0.545. The van der Waals surface area contributed by atoms with Crippen molar-refractivity contribution in [1.82, 2.24) is 4.98 Å². The Labute approximate surface area is 99.8 Å². The van der Waals surface area contributed by atoms with Crippen LogP contribution in [0.5, 0.6) is 0 Å². The minimum absolute atomic E-state index is 0.0491. The Kier molecular flexibility index (Phi) is 4.01. The summed E-state index contributed by atoms with van der Waals surface area (Å²) in [7, 11) is 0. The van der Waals surface area contributed by atoms with Crippen molar-refractivity contribution in [1.29, 1.82) is 0 Å². The van der Waals surface area contributed by atoms with Crippen LogP contribution in [-0.2, 0) is 0 Å². The molecule has 0 aliphatic heterocycles. The molecule has 2 N–H and O–H groups in total. The summed E-state index contributed by atoms with van der Waals surface area (Å²) in [5.41, 5.74) is -0.264. The fourth-order valence-electron chi connectivity index (χ4n) is 1.11. The van der Waals surface area contributed by atoms with E-state index in [1.54, 1.807) is 0 Å². The first kappa shape index (κ1) is 13.4. The van der Waals surface area contributed by atoms with E-state index >= 15 is 0 Å². The van der Waals surface area contributed by atoms with Crippen LogP contribution in [0, 0.1) is 15.5 Å². The van der Waals surface area contributed by atoms with E-state index in [0.29, 0.717) is 12.4 Å². The molecule has 1 rings (SSSR count). The zero-order valence-electron chi connectivity index (χ0n) is 10.2. The molecule has 0 saturated heterocycles. The second-order valence-corrected chi connectivity index (χ2v) is 4.92. The molecule has 0 bridgehead atoms. The van der Waals surface area contributed by atoms with Gasteiger partial charge in [-0.05, 0) is 11.5 Å². The Bertz CT molecular complexity index is 384. The van der Waals surface area contributed by atoms with Crippen LogP contribution in [0.1, 0.15) is 20.8 Å². The first-order valence-electron chi connectivity index (χ1n) is 5.33. The maximum Gasteiger partial charge on any atom is 0.287 e. The lowest BCUT2D eigenvalue weighted by Crippen LogP contribution is -2.33. The standard InChI is InChI=1S/C11H17N3O3/c1-11(2,3)9(15)7-13-10-5-4-8(6-12-10)14(16)17/h4-6,9,15H,7H2,1-3H3,(H,12,13). The molecule has 1 aromatic rings. The van der Waals surface area contributed by atoms with Crippen molar-refractivity contribution in [3.63, 3.8) is 0 Å². The second kappa shape index (κ2) is 5.09. The zero-order chi connectivity index (χ0) is 13.1. The summed E-state index contributed by atoms with van der Waals surface area (Å²) in [4.78, 5) is 13.8. The van der Waals surface area contributed by atoms with Crippen LogP contribution in [0.4, 0.5) is 11.5 Å². The third-order valence-electron chi connectivity index (χ3n) is 2.43. The van der Waals surface area contributed by atoms with E-state index in [9.17, 15) is 15.2 Å². The summed E-state index contributed by atoms with van der Waals surface area (Å²) >= 11 is 0. The van der Waals surface area contributed by atoms with Gasteiger partial charge in [0.25, 0.3) is 5.69 Å². The van der Waals surface area contributed by atoms with Gasteiger partial charge in [-0.3, -0.25) is 10.1 Å². The van der Waals surface area contributed by atoms with Crippen LogP contribution in [0.25, 0.3) is 0 Å². The van der Waals surface area contributed by atoms with E-state index in [2.05, 4.69) is 10.3 Å². The number of hydrogen-bond donors (Lipinski definition) is 2. The van der Waals surface area contributed by atoms with E-state index in [-0.39, 0.29) is 11.1 Å². The molecule has 0 aliphatic rings. The molecule has 6 nitrogen and oxygen atoms in total. The van der Waals surface area contributed by atoms with Gasteiger partial charge in [-0.2, -0.15) is 0 Å². The fourth-order valence-corrected chi connectivity index (χ4v) is 1.11. The van der Waals surface area contributed by atoms with Crippen LogP contribution in [-0.4, -0.2) is 27.7 Å². The highest BCUT2D eigenvalue weighted by atomic mass is 16.6. The molecule has 1 unspecified atom stereocenters. The molecule has 6 heteroatoms. The third kappa shape index (κ3) is 3.99. The van der Waals surface area contributed by atoms with Gasteiger partial charge in [-0.15, -0.1) is 0 Å². The second-order valence-electron chi connectivity index (χ2n) is 4.92. The molecular formula is C11H17N3O3. The maximum absolute atomic E-state index is 10.4. The van der Waals surface area contributed by atoms with Gasteiger partial charge in [-0.25, -0.2) is 4.98 Å². The SMILES string of the molecule is CC(C)(C)C(O)CNc1ccc([N+](=O)[O-])cn1. The summed E-state index contributed by atoms with van der Waals surface area (Å²) in [6, 6.07) is 2.90. The van der Waals surface area contributed by atoms with Crippen LogP contribution >= 0.6 is 0 Å². The van der Waals surface area contributed by atoms with Gasteiger partial charge >= 0.3 is 0 Å². The molecule has 0 aromatic carbocycles. The van der Waals surface area contributed by atoms with Gasteiger partial charge < -0.3 is 10.4 Å². The van der Waals surface area contributed by atoms with E-state index in [1.165, 1.54) is 18.3 Å². The highest BCUT2D eigenvalue weighted by Crippen LogP contribution is 2.19. The zero-order valence-corrected chi connectivity index (χ0v) is 10.2. The van der Waals surface area contributed by atoms with Crippen LogP contribution in [0.15, 0.2) is 18.3 Å². The molecule has 0 aliphatic carbocycles. The van der Waals surface area contributed by atoms with Gasteiger partial charge in [0.2, 0.25) is 0 Å². The predicted octanol–water partition coefficient (Wildman–Crippen LogP) is 1.81. The maximum atomic E-state index is 10.4. The summed E-state index contributed by atoms with van der Waals surface area (Å²) in [5.74, 6) is 0.513. The Morgan fingerprint density at radius 1 is 1.53 bits per heavy atom. The first-order valence-corrected chi connectivity index (χ1v) is 5.33. The smallest absolute Gasteiger partial charge is 0.287 e. The Morgan fingerprint density at radius 3 is 2.59 bits per heavy atom. The Hall–Kier alpha value is -1.69. The van der Waals surface area contributed by atoms with Gasteiger partial charge in [0.15, 0.2) is 0 Å². The van der Waals surface area contributed by atoms with Crippen molar-refractivity contribution in [2.24, 2.45) is 5.41 Å². The van der Waals surface area contributed by atoms with Gasteiger partial charge in [0.1, 0.15) is 12.0 Å². The monoisotopic (exact) mass is 239 g/mol. The van der Waals surface area contributed by atoms with Gasteiger partial charge in [-0.1, -0.05) is 20.8 Å². The topological polar surface area (TPSA) is 88.3 Å². The third-order valence-corrected chi connectivity index (χ3v) is 2.43. The van der Waals surface area contributed by atoms with Crippen molar-refractivity contribution >= 4 is 11.5 Å². The summed E-state index contributed by atoms with van der Waals surface area (Å²) in [6.45, 7) is 6.15. The number of nitrogens with one attached hydrogen (secondary N) is 1. The molecule has 1 atom stereocenters. The van der Waals surface area contributed by atoms with Crippen LogP contribution < -0.4 is 5.32 Å². The summed E-state index contributed by atoms with van der Waals surface area (Å²) < 4.78 is 0. The molecule has 0 radical (unpaired) electrons. The highest BCUT2D eigenvalue weighted by molar-refractivity contribution is 5.40. The number of hydrogen-bond acceptors (Lipinski definition) is 5. The number of pyridine rings is 1. The van der Waals surface area contributed by atoms with Crippen molar-refractivity contribution in [3.8, 4) is 0 Å². The molecule has 0 spiro atoms. The number of aliphatic hydroxyl groups is 1.